The Morgan fingerprint density at radius 3 is 2.38 bits per heavy atom. The van der Waals surface area contributed by atoms with Gasteiger partial charge < -0.3 is 0 Å². The lowest BCUT2D eigenvalue weighted by molar-refractivity contribution is -0.660. The second-order valence-corrected chi connectivity index (χ2v) is 4.42. The molecule has 2 aromatic rings. The van der Waals surface area contributed by atoms with Crippen LogP contribution in [0.25, 0.3) is 11.3 Å². The molecule has 1 aromatic heterocycles. The normalized spacial score (nSPS) is 11.4. The van der Waals surface area contributed by atoms with E-state index in [2.05, 4.69) is 38.1 Å². The molecule has 0 N–H and O–H groups in total. The van der Waals surface area contributed by atoms with Gasteiger partial charge >= 0.3 is 0 Å². The van der Waals surface area contributed by atoms with Gasteiger partial charge in [0, 0.05) is 17.7 Å². The summed E-state index contributed by atoms with van der Waals surface area (Å²) in [4.78, 5) is 0. The Kier molecular flexibility index (Phi) is 2.45. The number of nitrogens with zero attached hydrogens (tertiary/aromatic N) is 1. The third-order valence-electron chi connectivity index (χ3n) is 2.87. The van der Waals surface area contributed by atoms with Crippen LogP contribution in [0.4, 0.5) is 0 Å². The van der Waals surface area contributed by atoms with Crippen LogP contribution in [0.5, 0.6) is 0 Å². The zero-order valence-electron chi connectivity index (χ0n) is 11.3. The van der Waals surface area contributed by atoms with Crippen LogP contribution in [-0.2, 0) is 7.05 Å². The number of benzene rings is 1. The summed E-state index contributed by atoms with van der Waals surface area (Å²) < 4.78 is 9.85. The highest BCUT2D eigenvalue weighted by molar-refractivity contribution is 5.61. The summed E-state index contributed by atoms with van der Waals surface area (Å²) in [6.45, 7) is 6.25. The third-order valence-corrected chi connectivity index (χ3v) is 2.87. The first-order valence-electron chi connectivity index (χ1n) is 6.04. The summed E-state index contributed by atoms with van der Waals surface area (Å²) in [5.41, 5.74) is 5.96. The summed E-state index contributed by atoms with van der Waals surface area (Å²) in [7, 11) is 1.94. The predicted molar refractivity (Wildman–Crippen MR) is 67.3 cm³/mol. The molecule has 0 saturated heterocycles. The van der Waals surface area contributed by atoms with Gasteiger partial charge in [-0.05, 0) is 38.0 Å². The minimum Gasteiger partial charge on any atom is -0.201 e. The molecule has 0 fully saturated rings. The van der Waals surface area contributed by atoms with Gasteiger partial charge in [0.05, 0.1) is 0 Å². The molecular weight excluding hydrogens is 194 g/mol. The minimum atomic E-state index is 0.542. The van der Waals surface area contributed by atoms with Gasteiger partial charge in [-0.1, -0.05) is 17.7 Å². The van der Waals surface area contributed by atoms with Gasteiger partial charge in [-0.25, -0.2) is 4.57 Å². The molecule has 0 bridgehead atoms. The Balaban J connectivity index is 2.68. The molecule has 0 radical (unpaired) electrons. The molecule has 1 heterocycles. The summed E-state index contributed by atoms with van der Waals surface area (Å²) in [6, 6.07) is 10.5. The van der Waals surface area contributed by atoms with E-state index in [0.717, 1.165) is 11.3 Å². The van der Waals surface area contributed by atoms with E-state index in [1.807, 2.05) is 24.6 Å². The molecular formula is C15H18N+. The molecule has 0 aliphatic heterocycles. The van der Waals surface area contributed by atoms with Crippen LogP contribution in [0, 0.1) is 20.8 Å². The second kappa shape index (κ2) is 4.09. The monoisotopic (exact) mass is 213 g/mol. The van der Waals surface area contributed by atoms with Gasteiger partial charge in [0.25, 0.3) is 0 Å². The Labute approximate surface area is 98.8 Å². The SMILES string of the molecule is [2H]c1cc(C)cc(-c2ccc(C)cc2C)[n+]1C. The van der Waals surface area contributed by atoms with Crippen molar-refractivity contribution in [3.8, 4) is 11.3 Å². The van der Waals surface area contributed by atoms with Crippen LogP contribution < -0.4 is 4.57 Å². The van der Waals surface area contributed by atoms with Crippen LogP contribution in [-0.4, -0.2) is 0 Å². The van der Waals surface area contributed by atoms with E-state index >= 15 is 0 Å². The highest BCUT2D eigenvalue weighted by atomic mass is 14.9. The average Bonchev–Trinajstić information content (AvgIpc) is 2.24. The van der Waals surface area contributed by atoms with Gasteiger partial charge in [-0.3, -0.25) is 0 Å². The van der Waals surface area contributed by atoms with Gasteiger partial charge in [0.15, 0.2) is 6.17 Å². The lowest BCUT2D eigenvalue weighted by Crippen LogP contribution is -2.30. The highest BCUT2D eigenvalue weighted by Crippen LogP contribution is 2.21. The molecule has 16 heavy (non-hydrogen) atoms. The zero-order valence-corrected chi connectivity index (χ0v) is 10.3. The molecule has 1 nitrogen and oxygen atoms in total. The first-order valence-corrected chi connectivity index (χ1v) is 5.54. The maximum atomic E-state index is 7.93. The fourth-order valence-electron chi connectivity index (χ4n) is 1.98. The summed E-state index contributed by atoms with van der Waals surface area (Å²) in [6.07, 6.45) is 0.542. The first-order chi connectivity index (χ1) is 7.99. The molecule has 0 atom stereocenters. The minimum absolute atomic E-state index is 0.542. The van der Waals surface area contributed by atoms with E-state index in [4.69, 9.17) is 1.37 Å². The molecule has 0 amide bonds. The van der Waals surface area contributed by atoms with Gasteiger partial charge in [0.1, 0.15) is 8.42 Å². The van der Waals surface area contributed by atoms with E-state index in [0.29, 0.717) is 6.17 Å². The molecule has 2 rings (SSSR count). The Morgan fingerprint density at radius 1 is 1.00 bits per heavy atom. The molecule has 0 aliphatic carbocycles. The number of aryl methyl sites for hydroxylation is 3. The number of rotatable bonds is 1. The predicted octanol–water partition coefficient (Wildman–Crippen LogP) is 3.10. The molecule has 0 unspecified atom stereocenters. The van der Waals surface area contributed by atoms with Crippen molar-refractivity contribution in [2.24, 2.45) is 7.05 Å². The van der Waals surface area contributed by atoms with Crippen molar-refractivity contribution in [3.05, 3.63) is 53.2 Å². The molecule has 82 valence electrons. The Hall–Kier alpha value is -1.63. The van der Waals surface area contributed by atoms with E-state index in [1.54, 1.807) is 0 Å². The Bertz CT molecular complexity index is 573. The van der Waals surface area contributed by atoms with E-state index in [1.165, 1.54) is 16.7 Å². The van der Waals surface area contributed by atoms with Crippen LogP contribution in [0.2, 0.25) is 0 Å². The summed E-state index contributed by atoms with van der Waals surface area (Å²) in [5, 5.41) is 0. The maximum Gasteiger partial charge on any atom is 0.212 e. The van der Waals surface area contributed by atoms with Crippen LogP contribution >= 0.6 is 0 Å². The van der Waals surface area contributed by atoms with Crippen molar-refractivity contribution in [2.45, 2.75) is 20.8 Å². The Morgan fingerprint density at radius 2 is 1.69 bits per heavy atom. The summed E-state index contributed by atoms with van der Waals surface area (Å²) >= 11 is 0. The lowest BCUT2D eigenvalue weighted by Gasteiger charge is -2.06. The average molecular weight is 213 g/mol. The molecule has 0 spiro atoms. The van der Waals surface area contributed by atoms with Crippen molar-refractivity contribution < 1.29 is 5.94 Å². The largest absolute Gasteiger partial charge is 0.212 e. The number of hydrogen-bond donors (Lipinski definition) is 0. The molecule has 1 aromatic carbocycles. The standard InChI is InChI=1S/C15H18N/c1-11-5-6-14(13(3)9-11)15-10-12(2)7-8-16(15)4/h5-10H,1-4H3/q+1/i8D. The van der Waals surface area contributed by atoms with Crippen LogP contribution in [0.1, 0.15) is 18.1 Å². The topological polar surface area (TPSA) is 3.88 Å². The van der Waals surface area contributed by atoms with E-state index in [9.17, 15) is 0 Å². The number of aromatic nitrogens is 1. The van der Waals surface area contributed by atoms with Crippen molar-refractivity contribution in [1.82, 2.24) is 0 Å². The molecule has 0 saturated carbocycles. The first kappa shape index (κ1) is 9.59. The van der Waals surface area contributed by atoms with Crippen molar-refractivity contribution in [1.29, 1.82) is 0 Å². The maximum absolute atomic E-state index is 7.93. The third kappa shape index (κ3) is 1.99. The number of pyridine rings is 1. The van der Waals surface area contributed by atoms with E-state index < -0.39 is 0 Å². The van der Waals surface area contributed by atoms with Gasteiger partial charge in [-0.15, -0.1) is 0 Å². The second-order valence-electron chi connectivity index (χ2n) is 4.42. The van der Waals surface area contributed by atoms with Gasteiger partial charge in [0.2, 0.25) is 5.69 Å². The smallest absolute Gasteiger partial charge is 0.201 e. The lowest BCUT2D eigenvalue weighted by atomic mass is 10.0. The van der Waals surface area contributed by atoms with Crippen LogP contribution in [0.15, 0.2) is 36.5 Å². The van der Waals surface area contributed by atoms with E-state index in [-0.39, 0.29) is 0 Å². The van der Waals surface area contributed by atoms with Crippen molar-refractivity contribution >= 4 is 0 Å². The number of hydrogen-bond acceptors (Lipinski definition) is 0. The van der Waals surface area contributed by atoms with Crippen molar-refractivity contribution in [3.63, 3.8) is 0 Å². The summed E-state index contributed by atoms with van der Waals surface area (Å²) in [5.74, 6) is 0. The van der Waals surface area contributed by atoms with Gasteiger partial charge in [-0.2, -0.15) is 0 Å². The van der Waals surface area contributed by atoms with Crippen LogP contribution in [0.3, 0.4) is 0 Å². The fraction of sp³-hybridized carbons (Fsp3) is 0.267. The zero-order chi connectivity index (χ0) is 12.6. The molecule has 0 aliphatic rings. The quantitative estimate of drug-likeness (QED) is 0.641. The highest BCUT2D eigenvalue weighted by Gasteiger charge is 2.11. The van der Waals surface area contributed by atoms with Crippen molar-refractivity contribution in [2.75, 3.05) is 0 Å². The molecule has 1 heteroatoms. The fourth-order valence-corrected chi connectivity index (χ4v) is 1.98.